The van der Waals surface area contributed by atoms with Crippen LogP contribution >= 0.6 is 11.8 Å². The molecule has 0 saturated carbocycles. The summed E-state index contributed by atoms with van der Waals surface area (Å²) >= 11 is 1.16. The molecule has 4 N–H and O–H groups in total. The maximum Gasteiger partial charge on any atom is 0.264 e. The number of thioether (sulfide) groups is 1. The minimum Gasteiger partial charge on any atom is -0.497 e. The lowest BCUT2D eigenvalue weighted by Crippen LogP contribution is -2.17. The van der Waals surface area contributed by atoms with Crippen LogP contribution in [0.4, 0.5) is 11.6 Å². The summed E-state index contributed by atoms with van der Waals surface area (Å²) < 4.78 is 12.4. The first-order valence-electron chi connectivity index (χ1n) is 11.4. The molecule has 3 aromatic carbocycles. The van der Waals surface area contributed by atoms with Gasteiger partial charge < -0.3 is 20.6 Å². The summed E-state index contributed by atoms with van der Waals surface area (Å²) in [5.74, 6) is 7.65. The van der Waals surface area contributed by atoms with Gasteiger partial charge in [-0.2, -0.15) is 5.10 Å². The minimum atomic E-state index is -0.194. The van der Waals surface area contributed by atoms with Gasteiger partial charge in [0.05, 0.1) is 19.1 Å². The van der Waals surface area contributed by atoms with E-state index in [1.807, 2.05) is 67.6 Å². The highest BCUT2D eigenvalue weighted by atomic mass is 32.2. The summed E-state index contributed by atoms with van der Waals surface area (Å²) in [5.41, 5.74) is 6.25. The van der Waals surface area contributed by atoms with E-state index in [2.05, 4.69) is 26.0 Å². The molecule has 0 atom stereocenters. The van der Waals surface area contributed by atoms with Crippen molar-refractivity contribution in [2.45, 2.75) is 18.7 Å². The third kappa shape index (κ3) is 7.01. The highest BCUT2D eigenvalue weighted by Crippen LogP contribution is 2.22. The largest absolute Gasteiger partial charge is 0.497 e. The molecule has 0 aliphatic rings. The number of nitrogens with one attached hydrogen (secondary N) is 2. The number of hydrazone groups is 1. The number of hydrogen-bond donors (Lipinski definition) is 3. The fourth-order valence-corrected chi connectivity index (χ4v) is 3.94. The molecule has 0 fully saturated rings. The number of para-hydroxylation sites is 1. The molecular formula is C26H27N7O3S. The van der Waals surface area contributed by atoms with Crippen LogP contribution < -0.4 is 26.1 Å². The Kier molecular flexibility index (Phi) is 8.61. The van der Waals surface area contributed by atoms with Crippen LogP contribution in [0.15, 0.2) is 83.1 Å². The van der Waals surface area contributed by atoms with Gasteiger partial charge in [-0.25, -0.2) is 10.1 Å². The van der Waals surface area contributed by atoms with Gasteiger partial charge in [0.1, 0.15) is 18.1 Å². The van der Waals surface area contributed by atoms with Gasteiger partial charge in [0.25, 0.3) is 5.95 Å². The summed E-state index contributed by atoms with van der Waals surface area (Å²) in [4.78, 5) is 12.4. The Bertz CT molecular complexity index is 1380. The monoisotopic (exact) mass is 517 g/mol. The van der Waals surface area contributed by atoms with Crippen molar-refractivity contribution < 1.29 is 14.3 Å². The number of nitrogens with two attached hydrogens (primary N) is 1. The Hall–Kier alpha value is -4.51. The van der Waals surface area contributed by atoms with E-state index in [-0.39, 0.29) is 17.6 Å². The molecule has 10 nitrogen and oxygen atoms in total. The average Bonchev–Trinajstić information content (AvgIpc) is 3.27. The molecule has 0 bridgehead atoms. The number of aromatic nitrogens is 3. The summed E-state index contributed by atoms with van der Waals surface area (Å²) in [6.45, 7) is 2.34. The second-order valence-corrected chi connectivity index (χ2v) is 8.82. The highest BCUT2D eigenvalue weighted by Gasteiger charge is 2.13. The van der Waals surface area contributed by atoms with Gasteiger partial charge in [-0.15, -0.1) is 10.2 Å². The van der Waals surface area contributed by atoms with Crippen LogP contribution in [-0.4, -0.2) is 39.9 Å². The molecule has 0 saturated heterocycles. The van der Waals surface area contributed by atoms with E-state index in [9.17, 15) is 4.79 Å². The van der Waals surface area contributed by atoms with Crippen molar-refractivity contribution in [1.29, 1.82) is 0 Å². The molecular weight excluding hydrogens is 490 g/mol. The number of methoxy groups -OCH3 is 1. The summed E-state index contributed by atoms with van der Waals surface area (Å²) in [7, 11) is 1.60. The number of amides is 1. The molecule has 1 heterocycles. The molecule has 4 aromatic rings. The Morgan fingerprint density at radius 1 is 1.11 bits per heavy atom. The first-order valence-corrected chi connectivity index (χ1v) is 12.3. The van der Waals surface area contributed by atoms with Gasteiger partial charge in [0, 0.05) is 11.3 Å². The molecule has 0 spiro atoms. The van der Waals surface area contributed by atoms with Crippen LogP contribution in [0.1, 0.15) is 16.7 Å². The van der Waals surface area contributed by atoms with Gasteiger partial charge in [-0.3, -0.25) is 4.79 Å². The number of ether oxygens (including phenoxy) is 2. The normalized spacial score (nSPS) is 10.9. The number of carbonyl (C=O) groups is 1. The number of carbonyl (C=O) groups excluding carboxylic acids is 1. The van der Waals surface area contributed by atoms with E-state index in [1.54, 1.807) is 25.5 Å². The lowest BCUT2D eigenvalue weighted by molar-refractivity contribution is -0.113. The van der Waals surface area contributed by atoms with Crippen LogP contribution in [-0.2, 0) is 11.4 Å². The molecule has 0 unspecified atom stereocenters. The third-order valence-corrected chi connectivity index (χ3v) is 6.17. The van der Waals surface area contributed by atoms with Crippen LogP contribution in [0, 0.1) is 6.92 Å². The van der Waals surface area contributed by atoms with E-state index in [1.165, 1.54) is 4.68 Å². The van der Waals surface area contributed by atoms with E-state index in [4.69, 9.17) is 15.3 Å². The van der Waals surface area contributed by atoms with Crippen LogP contribution in [0.25, 0.3) is 0 Å². The van der Waals surface area contributed by atoms with Crippen molar-refractivity contribution in [2.24, 2.45) is 5.10 Å². The number of rotatable bonds is 11. The first kappa shape index (κ1) is 25.6. The lowest BCUT2D eigenvalue weighted by atomic mass is 10.2. The third-order valence-electron chi connectivity index (χ3n) is 5.23. The maximum atomic E-state index is 12.4. The van der Waals surface area contributed by atoms with Crippen molar-refractivity contribution in [3.8, 4) is 11.5 Å². The number of nitrogen functional groups attached to an aromatic ring is 1. The molecule has 37 heavy (non-hydrogen) atoms. The summed E-state index contributed by atoms with van der Waals surface area (Å²) in [6.07, 6.45) is 1.62. The molecule has 0 radical (unpaired) electrons. The number of hydrogen-bond acceptors (Lipinski definition) is 9. The van der Waals surface area contributed by atoms with Crippen LogP contribution in [0.2, 0.25) is 0 Å². The number of aryl methyl sites for hydroxylation is 1. The molecule has 11 heteroatoms. The number of nitrogens with zero attached hydrogens (tertiary/aromatic N) is 4. The predicted molar refractivity (Wildman–Crippen MR) is 146 cm³/mol. The molecule has 1 amide bonds. The van der Waals surface area contributed by atoms with Gasteiger partial charge in [0.2, 0.25) is 11.1 Å². The topological polar surface area (TPSA) is 129 Å². The molecule has 0 aliphatic heterocycles. The second-order valence-electron chi connectivity index (χ2n) is 7.88. The van der Waals surface area contributed by atoms with Gasteiger partial charge >= 0.3 is 0 Å². The average molecular weight is 518 g/mol. The van der Waals surface area contributed by atoms with Crippen molar-refractivity contribution >= 4 is 35.5 Å². The van der Waals surface area contributed by atoms with E-state index in [0.717, 1.165) is 34.2 Å². The van der Waals surface area contributed by atoms with Crippen molar-refractivity contribution in [2.75, 3.05) is 29.4 Å². The lowest BCUT2D eigenvalue weighted by Gasteiger charge is -2.09. The Labute approximate surface area is 218 Å². The molecule has 1 aromatic heterocycles. The fraction of sp³-hybridized carbons (Fsp3) is 0.154. The van der Waals surface area contributed by atoms with Crippen LogP contribution in [0.3, 0.4) is 0 Å². The predicted octanol–water partition coefficient (Wildman–Crippen LogP) is 4.06. The molecule has 4 rings (SSSR count). The Morgan fingerprint density at radius 3 is 2.68 bits per heavy atom. The van der Waals surface area contributed by atoms with Crippen molar-refractivity contribution in [3.05, 3.63) is 89.5 Å². The zero-order valence-electron chi connectivity index (χ0n) is 20.4. The standard InChI is InChI=1S/C26H27N7O3S/c1-18-14-21(35-2)12-13-22(18)29-24(34)17-37-26-32-31-25(33(26)27)30-28-15-20-10-6-7-11-23(20)36-16-19-8-4-3-5-9-19/h3-15H,16-17,27H2,1-2H3,(H,29,34)(H,30,31)/b28-15+. The smallest absolute Gasteiger partial charge is 0.264 e. The highest BCUT2D eigenvalue weighted by molar-refractivity contribution is 7.99. The van der Waals surface area contributed by atoms with Crippen molar-refractivity contribution in [3.63, 3.8) is 0 Å². The fourth-order valence-electron chi connectivity index (χ4n) is 3.29. The number of benzene rings is 3. The summed E-state index contributed by atoms with van der Waals surface area (Å²) in [6, 6.07) is 22.9. The van der Waals surface area contributed by atoms with E-state index < -0.39 is 0 Å². The molecule has 0 aliphatic carbocycles. The van der Waals surface area contributed by atoms with Crippen LogP contribution in [0.5, 0.6) is 11.5 Å². The van der Waals surface area contributed by atoms with Gasteiger partial charge in [-0.05, 0) is 48.4 Å². The second kappa shape index (κ2) is 12.5. The summed E-state index contributed by atoms with van der Waals surface area (Å²) in [5, 5.41) is 15.5. The quantitative estimate of drug-likeness (QED) is 0.118. The zero-order valence-corrected chi connectivity index (χ0v) is 21.2. The Balaban J connectivity index is 1.31. The first-order chi connectivity index (χ1) is 18.0. The van der Waals surface area contributed by atoms with E-state index >= 15 is 0 Å². The van der Waals surface area contributed by atoms with Crippen molar-refractivity contribution in [1.82, 2.24) is 14.9 Å². The Morgan fingerprint density at radius 2 is 1.89 bits per heavy atom. The molecule has 190 valence electrons. The van der Waals surface area contributed by atoms with Gasteiger partial charge in [0.15, 0.2) is 0 Å². The number of anilines is 2. The van der Waals surface area contributed by atoms with E-state index in [0.29, 0.717) is 23.2 Å². The SMILES string of the molecule is COc1ccc(NC(=O)CSc2nnc(N/N=C/c3ccccc3OCc3ccccc3)n2N)c(C)c1. The minimum absolute atomic E-state index is 0.107. The maximum absolute atomic E-state index is 12.4. The zero-order chi connectivity index (χ0) is 26.0. The van der Waals surface area contributed by atoms with Gasteiger partial charge in [-0.1, -0.05) is 54.2 Å².